The Balaban J connectivity index is 2.15. The van der Waals surface area contributed by atoms with E-state index in [0.29, 0.717) is 0 Å². The average molecular weight is 137 g/mol. The minimum absolute atomic E-state index is 0.892. The number of hydrogen-bond donors (Lipinski definition) is 0. The molecule has 0 heterocycles. The van der Waals surface area contributed by atoms with Crippen LogP contribution in [0, 0.1) is 11.8 Å². The molecule has 0 saturated heterocycles. The van der Waals surface area contributed by atoms with Crippen LogP contribution in [0.25, 0.3) is 0 Å². The van der Waals surface area contributed by atoms with Crippen molar-refractivity contribution in [3.05, 3.63) is 0 Å². The van der Waals surface area contributed by atoms with E-state index in [-0.39, 0.29) is 0 Å². The van der Waals surface area contributed by atoms with E-state index in [1.54, 1.807) is 0 Å². The maximum absolute atomic E-state index is 4.35. The van der Waals surface area contributed by atoms with Crippen molar-refractivity contribution in [2.45, 2.75) is 32.1 Å². The van der Waals surface area contributed by atoms with Crippen LogP contribution in [0.3, 0.4) is 0 Å². The Labute approximate surface area is 62.5 Å². The van der Waals surface area contributed by atoms with Gasteiger partial charge in [0.05, 0.1) is 0 Å². The van der Waals surface area contributed by atoms with E-state index in [4.69, 9.17) is 0 Å². The third-order valence-electron chi connectivity index (χ3n) is 3.04. The highest BCUT2D eigenvalue weighted by molar-refractivity contribution is 5.89. The molecule has 2 rings (SSSR count). The molecule has 0 aliphatic heterocycles. The fraction of sp³-hybridized carbons (Fsp3) is 0.889. The molecular formula is C9H15N. The molecule has 0 N–H and O–H groups in total. The molecule has 0 aromatic heterocycles. The molecule has 2 aliphatic carbocycles. The third kappa shape index (κ3) is 0.882. The van der Waals surface area contributed by atoms with Crippen LogP contribution in [0.15, 0.2) is 4.99 Å². The van der Waals surface area contributed by atoms with E-state index in [9.17, 15) is 0 Å². The Morgan fingerprint density at radius 3 is 3.00 bits per heavy atom. The Morgan fingerprint density at radius 1 is 1.40 bits per heavy atom. The smallest absolute Gasteiger partial charge is 0.0276 e. The van der Waals surface area contributed by atoms with Crippen LogP contribution in [0.2, 0.25) is 0 Å². The van der Waals surface area contributed by atoms with Gasteiger partial charge in [0.1, 0.15) is 0 Å². The van der Waals surface area contributed by atoms with E-state index in [0.717, 1.165) is 11.8 Å². The zero-order chi connectivity index (χ0) is 6.97. The summed E-state index contributed by atoms with van der Waals surface area (Å²) in [5.41, 5.74) is 1.52. The van der Waals surface area contributed by atoms with Gasteiger partial charge >= 0.3 is 0 Å². The molecule has 2 aliphatic rings. The fourth-order valence-corrected chi connectivity index (χ4v) is 2.52. The second-order valence-electron chi connectivity index (χ2n) is 3.65. The molecule has 2 unspecified atom stereocenters. The highest BCUT2D eigenvalue weighted by atomic mass is 14.7. The van der Waals surface area contributed by atoms with Gasteiger partial charge in [-0.2, -0.15) is 0 Å². The molecule has 0 radical (unpaired) electrons. The lowest BCUT2D eigenvalue weighted by Crippen LogP contribution is -2.08. The van der Waals surface area contributed by atoms with Crippen molar-refractivity contribution < 1.29 is 0 Å². The Hall–Kier alpha value is -0.330. The summed E-state index contributed by atoms with van der Waals surface area (Å²) >= 11 is 0. The molecular weight excluding hydrogens is 122 g/mol. The van der Waals surface area contributed by atoms with E-state index < -0.39 is 0 Å². The molecule has 2 fully saturated rings. The van der Waals surface area contributed by atoms with Gasteiger partial charge in [0.25, 0.3) is 0 Å². The number of rotatable bonds is 0. The first-order valence-corrected chi connectivity index (χ1v) is 4.35. The molecule has 2 saturated carbocycles. The van der Waals surface area contributed by atoms with Crippen LogP contribution in [-0.2, 0) is 0 Å². The number of hydrogen-bond acceptors (Lipinski definition) is 1. The topological polar surface area (TPSA) is 12.4 Å². The minimum atomic E-state index is 0.892. The zero-order valence-corrected chi connectivity index (χ0v) is 6.64. The van der Waals surface area contributed by atoms with Gasteiger partial charge in [-0.3, -0.25) is 4.99 Å². The highest BCUT2D eigenvalue weighted by Crippen LogP contribution is 2.39. The second kappa shape index (κ2) is 2.37. The summed E-state index contributed by atoms with van der Waals surface area (Å²) in [6.07, 6.45) is 7.11. The molecule has 2 atom stereocenters. The molecule has 2 bridgehead atoms. The second-order valence-corrected chi connectivity index (χ2v) is 3.65. The van der Waals surface area contributed by atoms with Crippen molar-refractivity contribution in [2.75, 3.05) is 7.05 Å². The van der Waals surface area contributed by atoms with Crippen molar-refractivity contribution in [1.29, 1.82) is 0 Å². The predicted octanol–water partition coefficient (Wildman–Crippen LogP) is 2.27. The maximum atomic E-state index is 4.35. The summed E-state index contributed by atoms with van der Waals surface area (Å²) in [7, 11) is 1.95. The predicted molar refractivity (Wildman–Crippen MR) is 43.4 cm³/mol. The number of nitrogens with zero attached hydrogens (tertiary/aromatic N) is 1. The van der Waals surface area contributed by atoms with Crippen LogP contribution in [0.5, 0.6) is 0 Å². The summed E-state index contributed by atoms with van der Waals surface area (Å²) in [5, 5.41) is 0. The van der Waals surface area contributed by atoms with Gasteiger partial charge in [-0.25, -0.2) is 0 Å². The molecule has 0 aromatic carbocycles. The van der Waals surface area contributed by atoms with Crippen LogP contribution >= 0.6 is 0 Å². The van der Waals surface area contributed by atoms with Gasteiger partial charge in [-0.15, -0.1) is 0 Å². The molecule has 1 heteroatoms. The standard InChI is InChI=1S/C9H15N/c1-10-9-6-7-3-2-4-8(9)5-7/h7-8H,2-6H2,1H3. The van der Waals surface area contributed by atoms with Crippen molar-refractivity contribution in [1.82, 2.24) is 0 Å². The highest BCUT2D eigenvalue weighted by Gasteiger charge is 2.33. The Bertz CT molecular complexity index is 160. The van der Waals surface area contributed by atoms with E-state index >= 15 is 0 Å². The summed E-state index contributed by atoms with van der Waals surface area (Å²) in [6, 6.07) is 0. The quantitative estimate of drug-likeness (QED) is 0.485. The van der Waals surface area contributed by atoms with E-state index in [2.05, 4.69) is 4.99 Å². The van der Waals surface area contributed by atoms with Crippen molar-refractivity contribution >= 4 is 5.71 Å². The SMILES string of the molecule is CN=C1CC2CCCC1C2. The first kappa shape index (κ1) is 6.38. The van der Waals surface area contributed by atoms with Gasteiger partial charge < -0.3 is 0 Å². The zero-order valence-electron chi connectivity index (χ0n) is 6.64. The molecule has 1 nitrogen and oxygen atoms in total. The van der Waals surface area contributed by atoms with Gasteiger partial charge in [-0.05, 0) is 31.1 Å². The molecule has 56 valence electrons. The van der Waals surface area contributed by atoms with Gasteiger partial charge in [0.15, 0.2) is 0 Å². The summed E-state index contributed by atoms with van der Waals surface area (Å²) in [4.78, 5) is 4.35. The lowest BCUT2D eigenvalue weighted by Gasteiger charge is -2.16. The first-order valence-electron chi connectivity index (χ1n) is 4.35. The normalized spacial score (nSPS) is 42.7. The summed E-state index contributed by atoms with van der Waals surface area (Å²) in [6.45, 7) is 0. The van der Waals surface area contributed by atoms with Gasteiger partial charge in [-0.1, -0.05) is 12.8 Å². The molecule has 0 amide bonds. The monoisotopic (exact) mass is 137 g/mol. The molecule has 0 spiro atoms. The first-order chi connectivity index (χ1) is 4.90. The summed E-state index contributed by atoms with van der Waals surface area (Å²) in [5.74, 6) is 1.90. The molecule has 10 heavy (non-hydrogen) atoms. The Morgan fingerprint density at radius 2 is 2.30 bits per heavy atom. The van der Waals surface area contributed by atoms with E-state index in [1.807, 2.05) is 7.05 Å². The number of aliphatic imine (C=N–C) groups is 1. The van der Waals surface area contributed by atoms with Gasteiger partial charge in [0, 0.05) is 12.8 Å². The summed E-state index contributed by atoms with van der Waals surface area (Å²) < 4.78 is 0. The largest absolute Gasteiger partial charge is 0.297 e. The lowest BCUT2D eigenvalue weighted by molar-refractivity contribution is 0.372. The fourth-order valence-electron chi connectivity index (χ4n) is 2.52. The van der Waals surface area contributed by atoms with E-state index in [1.165, 1.54) is 37.8 Å². The van der Waals surface area contributed by atoms with Gasteiger partial charge in [0.2, 0.25) is 0 Å². The minimum Gasteiger partial charge on any atom is -0.297 e. The van der Waals surface area contributed by atoms with Crippen molar-refractivity contribution in [3.8, 4) is 0 Å². The maximum Gasteiger partial charge on any atom is 0.0276 e. The third-order valence-corrected chi connectivity index (χ3v) is 3.04. The molecule has 0 aromatic rings. The van der Waals surface area contributed by atoms with Crippen LogP contribution in [0.4, 0.5) is 0 Å². The Kier molecular flexibility index (Phi) is 1.51. The van der Waals surface area contributed by atoms with Crippen LogP contribution in [-0.4, -0.2) is 12.8 Å². The number of fused-ring (bicyclic) bond motifs is 2. The average Bonchev–Trinajstić information content (AvgIpc) is 2.26. The van der Waals surface area contributed by atoms with Crippen molar-refractivity contribution in [3.63, 3.8) is 0 Å². The van der Waals surface area contributed by atoms with Crippen LogP contribution in [0.1, 0.15) is 32.1 Å². The van der Waals surface area contributed by atoms with Crippen molar-refractivity contribution in [2.24, 2.45) is 16.8 Å². The lowest BCUT2D eigenvalue weighted by atomic mass is 9.89. The van der Waals surface area contributed by atoms with Crippen LogP contribution < -0.4 is 0 Å².